The second-order valence-corrected chi connectivity index (χ2v) is 5.99. The lowest BCUT2D eigenvalue weighted by atomic mass is 10.2. The van der Waals surface area contributed by atoms with Crippen LogP contribution in [0, 0.1) is 0 Å². The van der Waals surface area contributed by atoms with Crippen LogP contribution in [0.4, 0.5) is 0 Å². The molecular formula is C15H15ClN4S. The van der Waals surface area contributed by atoms with Crippen LogP contribution in [0.5, 0.6) is 0 Å². The average molecular weight is 319 g/mol. The van der Waals surface area contributed by atoms with E-state index in [4.69, 9.17) is 11.6 Å². The maximum absolute atomic E-state index is 6.10. The van der Waals surface area contributed by atoms with Crippen LogP contribution in [0.2, 0.25) is 5.02 Å². The van der Waals surface area contributed by atoms with Crippen LogP contribution < -0.4 is 5.32 Å². The summed E-state index contributed by atoms with van der Waals surface area (Å²) in [5.41, 5.74) is 2.02. The Morgan fingerprint density at radius 2 is 2.14 bits per heavy atom. The summed E-state index contributed by atoms with van der Waals surface area (Å²) in [6, 6.07) is 11.8. The second-order valence-electron chi connectivity index (χ2n) is 4.55. The molecule has 6 heteroatoms. The molecule has 0 aliphatic heterocycles. The third kappa shape index (κ3) is 3.20. The zero-order valence-electron chi connectivity index (χ0n) is 11.6. The number of pyridine rings is 1. The molecule has 0 spiro atoms. The monoisotopic (exact) mass is 318 g/mol. The summed E-state index contributed by atoms with van der Waals surface area (Å²) in [6.07, 6.45) is 1.97. The number of rotatable bonds is 5. The van der Waals surface area contributed by atoms with Crippen LogP contribution in [0.15, 0.2) is 52.6 Å². The molecule has 0 aliphatic rings. The quantitative estimate of drug-likeness (QED) is 0.780. The SMILES string of the molecule is CCNCc1cc(Cl)ccc1Sc1nnc2ccccn12. The van der Waals surface area contributed by atoms with E-state index >= 15 is 0 Å². The van der Waals surface area contributed by atoms with Crippen molar-refractivity contribution in [3.05, 3.63) is 53.2 Å². The van der Waals surface area contributed by atoms with E-state index in [1.165, 1.54) is 5.56 Å². The predicted molar refractivity (Wildman–Crippen MR) is 85.9 cm³/mol. The zero-order valence-corrected chi connectivity index (χ0v) is 13.2. The standard InChI is InChI=1S/C15H15ClN4S/c1-2-17-10-11-9-12(16)6-7-13(11)21-15-19-18-14-5-3-4-8-20(14)15/h3-9,17H,2,10H2,1H3. The van der Waals surface area contributed by atoms with Crippen molar-refractivity contribution >= 4 is 29.0 Å². The molecule has 108 valence electrons. The van der Waals surface area contributed by atoms with Gasteiger partial charge in [0.2, 0.25) is 0 Å². The Morgan fingerprint density at radius 1 is 1.24 bits per heavy atom. The molecule has 1 aromatic carbocycles. The van der Waals surface area contributed by atoms with Gasteiger partial charge in [-0.2, -0.15) is 0 Å². The maximum Gasteiger partial charge on any atom is 0.200 e. The number of aromatic nitrogens is 3. The lowest BCUT2D eigenvalue weighted by molar-refractivity contribution is 0.717. The van der Waals surface area contributed by atoms with E-state index < -0.39 is 0 Å². The van der Waals surface area contributed by atoms with E-state index in [-0.39, 0.29) is 0 Å². The maximum atomic E-state index is 6.10. The van der Waals surface area contributed by atoms with Crippen molar-refractivity contribution in [2.45, 2.75) is 23.5 Å². The number of halogens is 1. The summed E-state index contributed by atoms with van der Waals surface area (Å²) in [5, 5.41) is 13.4. The topological polar surface area (TPSA) is 42.2 Å². The van der Waals surface area contributed by atoms with Gasteiger partial charge < -0.3 is 5.32 Å². The van der Waals surface area contributed by atoms with Crippen molar-refractivity contribution in [1.82, 2.24) is 19.9 Å². The van der Waals surface area contributed by atoms with Crippen molar-refractivity contribution in [3.63, 3.8) is 0 Å². The van der Waals surface area contributed by atoms with Gasteiger partial charge in [-0.15, -0.1) is 10.2 Å². The largest absolute Gasteiger partial charge is 0.313 e. The molecule has 2 heterocycles. The van der Waals surface area contributed by atoms with Crippen molar-refractivity contribution in [3.8, 4) is 0 Å². The van der Waals surface area contributed by atoms with Crippen molar-refractivity contribution in [2.24, 2.45) is 0 Å². The van der Waals surface area contributed by atoms with Gasteiger partial charge in [-0.1, -0.05) is 24.6 Å². The summed E-state index contributed by atoms with van der Waals surface area (Å²) >= 11 is 7.70. The van der Waals surface area contributed by atoms with Gasteiger partial charge in [-0.05, 0) is 54.2 Å². The molecule has 0 atom stereocenters. The molecule has 0 unspecified atom stereocenters. The van der Waals surface area contributed by atoms with E-state index in [0.29, 0.717) is 0 Å². The third-order valence-corrected chi connectivity index (χ3v) is 4.39. The predicted octanol–water partition coefficient (Wildman–Crippen LogP) is 3.64. The third-order valence-electron chi connectivity index (χ3n) is 3.07. The number of nitrogens with zero attached hydrogens (tertiary/aromatic N) is 3. The van der Waals surface area contributed by atoms with Crippen molar-refractivity contribution < 1.29 is 0 Å². The van der Waals surface area contributed by atoms with E-state index in [1.54, 1.807) is 11.8 Å². The van der Waals surface area contributed by atoms with Crippen molar-refractivity contribution in [2.75, 3.05) is 6.54 Å². The first-order valence-corrected chi connectivity index (χ1v) is 7.94. The van der Waals surface area contributed by atoms with Gasteiger partial charge in [0, 0.05) is 22.7 Å². The van der Waals surface area contributed by atoms with Gasteiger partial charge in [0.05, 0.1) is 0 Å². The minimum absolute atomic E-state index is 0.748. The number of hydrogen-bond acceptors (Lipinski definition) is 4. The summed E-state index contributed by atoms with van der Waals surface area (Å²) in [4.78, 5) is 1.14. The second kappa shape index (κ2) is 6.47. The molecule has 0 fully saturated rings. The molecule has 0 saturated heterocycles. The lowest BCUT2D eigenvalue weighted by Crippen LogP contribution is -2.12. The molecule has 0 bridgehead atoms. The Hall–Kier alpha value is -1.56. The molecule has 0 saturated carbocycles. The molecule has 21 heavy (non-hydrogen) atoms. The molecular weight excluding hydrogens is 304 g/mol. The minimum atomic E-state index is 0.748. The highest BCUT2D eigenvalue weighted by molar-refractivity contribution is 7.99. The fraction of sp³-hybridized carbons (Fsp3) is 0.200. The van der Waals surface area contributed by atoms with Gasteiger partial charge in [0.25, 0.3) is 0 Å². The highest BCUT2D eigenvalue weighted by atomic mass is 35.5. The van der Waals surface area contributed by atoms with Gasteiger partial charge >= 0.3 is 0 Å². The van der Waals surface area contributed by atoms with Gasteiger partial charge in [-0.3, -0.25) is 4.40 Å². The van der Waals surface area contributed by atoms with Crippen LogP contribution in [0.1, 0.15) is 12.5 Å². The average Bonchev–Trinajstić information content (AvgIpc) is 2.91. The van der Waals surface area contributed by atoms with E-state index in [1.807, 2.05) is 47.0 Å². The Balaban J connectivity index is 1.93. The van der Waals surface area contributed by atoms with Gasteiger partial charge in [-0.25, -0.2) is 0 Å². The molecule has 0 amide bonds. The summed E-state index contributed by atoms with van der Waals surface area (Å²) < 4.78 is 1.98. The highest BCUT2D eigenvalue weighted by Gasteiger charge is 2.10. The van der Waals surface area contributed by atoms with E-state index in [2.05, 4.69) is 22.4 Å². The fourth-order valence-electron chi connectivity index (χ4n) is 2.03. The number of benzene rings is 1. The fourth-order valence-corrected chi connectivity index (χ4v) is 3.16. The first-order valence-electron chi connectivity index (χ1n) is 6.74. The Kier molecular flexibility index (Phi) is 4.43. The Labute approximate surface area is 132 Å². The molecule has 1 N–H and O–H groups in total. The first-order chi connectivity index (χ1) is 10.3. The van der Waals surface area contributed by atoms with E-state index in [9.17, 15) is 0 Å². The van der Waals surface area contributed by atoms with Crippen LogP contribution in [0.25, 0.3) is 5.65 Å². The summed E-state index contributed by atoms with van der Waals surface area (Å²) in [6.45, 7) is 3.80. The molecule has 4 nitrogen and oxygen atoms in total. The zero-order chi connectivity index (χ0) is 14.7. The van der Waals surface area contributed by atoms with Crippen LogP contribution in [-0.4, -0.2) is 21.1 Å². The number of hydrogen-bond donors (Lipinski definition) is 1. The molecule has 0 radical (unpaired) electrons. The minimum Gasteiger partial charge on any atom is -0.313 e. The van der Waals surface area contributed by atoms with Crippen LogP contribution in [0.3, 0.4) is 0 Å². The van der Waals surface area contributed by atoms with Gasteiger partial charge in [0.15, 0.2) is 10.8 Å². The highest BCUT2D eigenvalue weighted by Crippen LogP contribution is 2.31. The molecule has 2 aromatic heterocycles. The van der Waals surface area contributed by atoms with Crippen LogP contribution in [-0.2, 0) is 6.54 Å². The lowest BCUT2D eigenvalue weighted by Gasteiger charge is -2.09. The number of nitrogens with one attached hydrogen (secondary N) is 1. The smallest absolute Gasteiger partial charge is 0.200 e. The Bertz CT molecular complexity index is 756. The van der Waals surface area contributed by atoms with Crippen molar-refractivity contribution in [1.29, 1.82) is 0 Å². The Morgan fingerprint density at radius 3 is 3.00 bits per heavy atom. The first kappa shape index (κ1) is 14.4. The van der Waals surface area contributed by atoms with E-state index in [0.717, 1.165) is 33.8 Å². The molecule has 3 aromatic rings. The summed E-state index contributed by atoms with van der Waals surface area (Å²) in [5.74, 6) is 0. The summed E-state index contributed by atoms with van der Waals surface area (Å²) in [7, 11) is 0. The normalized spacial score (nSPS) is 11.1. The molecule has 0 aliphatic carbocycles. The number of fused-ring (bicyclic) bond motifs is 1. The van der Waals surface area contributed by atoms with Gasteiger partial charge in [0.1, 0.15) is 0 Å². The van der Waals surface area contributed by atoms with Crippen LogP contribution >= 0.6 is 23.4 Å². The molecule has 3 rings (SSSR count).